The highest BCUT2D eigenvalue weighted by atomic mass is 16.4. The summed E-state index contributed by atoms with van der Waals surface area (Å²) in [5, 5.41) is 18.5. The number of benzene rings is 1. The van der Waals surface area contributed by atoms with Crippen LogP contribution in [0.3, 0.4) is 0 Å². The van der Waals surface area contributed by atoms with E-state index in [0.717, 1.165) is 19.3 Å². The van der Waals surface area contributed by atoms with Crippen LogP contribution >= 0.6 is 0 Å². The third kappa shape index (κ3) is 6.15. The number of allylic oxidation sites excluding steroid dienone is 6. The monoisotopic (exact) mass is 284 g/mol. The molecular formula is C18H25BO2. The lowest BCUT2D eigenvalue weighted by atomic mass is 9.78. The molecule has 0 saturated heterocycles. The summed E-state index contributed by atoms with van der Waals surface area (Å²) >= 11 is 0. The van der Waals surface area contributed by atoms with Gasteiger partial charge in [-0.05, 0) is 43.3 Å². The Morgan fingerprint density at radius 2 is 1.95 bits per heavy atom. The number of hydrogen-bond donors (Lipinski definition) is 2. The van der Waals surface area contributed by atoms with Crippen LogP contribution in [0.4, 0.5) is 0 Å². The van der Waals surface area contributed by atoms with Crippen LogP contribution in [0.5, 0.6) is 0 Å². The quantitative estimate of drug-likeness (QED) is 0.597. The van der Waals surface area contributed by atoms with Crippen LogP contribution in [0, 0.1) is 0 Å². The van der Waals surface area contributed by atoms with Gasteiger partial charge in [-0.15, -0.1) is 0 Å². The molecule has 0 saturated carbocycles. The van der Waals surface area contributed by atoms with Crippen molar-refractivity contribution in [3.63, 3.8) is 0 Å². The summed E-state index contributed by atoms with van der Waals surface area (Å²) < 4.78 is 0. The lowest BCUT2D eigenvalue weighted by Crippen LogP contribution is -2.30. The molecule has 0 spiro atoms. The van der Waals surface area contributed by atoms with Crippen molar-refractivity contribution in [1.82, 2.24) is 0 Å². The number of hydrogen-bond acceptors (Lipinski definition) is 2. The summed E-state index contributed by atoms with van der Waals surface area (Å²) in [6.07, 6.45) is 13.2. The van der Waals surface area contributed by atoms with Crippen LogP contribution in [0.1, 0.15) is 38.3 Å². The van der Waals surface area contributed by atoms with E-state index in [9.17, 15) is 10.0 Å². The molecule has 1 aromatic carbocycles. The first-order valence-electron chi connectivity index (χ1n) is 7.52. The van der Waals surface area contributed by atoms with Crippen LogP contribution < -0.4 is 5.46 Å². The molecule has 3 heteroatoms. The van der Waals surface area contributed by atoms with Crippen LogP contribution in [0.25, 0.3) is 0 Å². The fourth-order valence-electron chi connectivity index (χ4n) is 2.08. The molecule has 0 aliphatic carbocycles. The molecule has 0 aromatic heterocycles. The Hall–Kier alpha value is -1.58. The number of rotatable bonds is 7. The second-order valence-corrected chi connectivity index (χ2v) is 5.18. The molecule has 112 valence electrons. The SMILES string of the molecule is C/C=C(C)/C=C\C=C/Cc1ccc(B(O)O)cc1CCC. The highest BCUT2D eigenvalue weighted by Gasteiger charge is 2.12. The Morgan fingerprint density at radius 1 is 1.19 bits per heavy atom. The van der Waals surface area contributed by atoms with Crippen LogP contribution in [0.2, 0.25) is 0 Å². The average Bonchev–Trinajstić information content (AvgIpc) is 2.47. The van der Waals surface area contributed by atoms with E-state index in [1.807, 2.05) is 25.1 Å². The molecule has 0 unspecified atom stereocenters. The Labute approximate surface area is 128 Å². The Kier molecular flexibility index (Phi) is 7.80. The zero-order chi connectivity index (χ0) is 15.7. The number of aryl methyl sites for hydroxylation is 1. The van der Waals surface area contributed by atoms with Crippen LogP contribution in [0.15, 0.2) is 54.2 Å². The Balaban J connectivity index is 2.78. The van der Waals surface area contributed by atoms with Gasteiger partial charge in [0.05, 0.1) is 0 Å². The normalized spacial score (nSPS) is 12.5. The molecule has 0 aliphatic heterocycles. The molecule has 2 nitrogen and oxygen atoms in total. The van der Waals surface area contributed by atoms with Crippen LogP contribution in [-0.4, -0.2) is 17.2 Å². The van der Waals surface area contributed by atoms with E-state index in [-0.39, 0.29) is 0 Å². The van der Waals surface area contributed by atoms with Gasteiger partial charge in [0, 0.05) is 0 Å². The van der Waals surface area contributed by atoms with E-state index in [0.29, 0.717) is 5.46 Å². The van der Waals surface area contributed by atoms with E-state index in [1.54, 1.807) is 6.07 Å². The van der Waals surface area contributed by atoms with Crippen molar-refractivity contribution in [3.8, 4) is 0 Å². The average molecular weight is 284 g/mol. The van der Waals surface area contributed by atoms with Crippen molar-refractivity contribution < 1.29 is 10.0 Å². The van der Waals surface area contributed by atoms with E-state index in [4.69, 9.17) is 0 Å². The molecule has 0 heterocycles. The molecule has 0 fully saturated rings. The fraction of sp³-hybridized carbons (Fsp3) is 0.333. The summed E-state index contributed by atoms with van der Waals surface area (Å²) in [6, 6.07) is 5.68. The van der Waals surface area contributed by atoms with Crippen LogP contribution in [-0.2, 0) is 12.8 Å². The van der Waals surface area contributed by atoms with Gasteiger partial charge in [0.2, 0.25) is 0 Å². The third-order valence-corrected chi connectivity index (χ3v) is 3.45. The van der Waals surface area contributed by atoms with Gasteiger partial charge >= 0.3 is 7.12 Å². The third-order valence-electron chi connectivity index (χ3n) is 3.45. The predicted molar refractivity (Wildman–Crippen MR) is 91.7 cm³/mol. The Morgan fingerprint density at radius 3 is 2.57 bits per heavy atom. The first-order chi connectivity index (χ1) is 10.1. The van der Waals surface area contributed by atoms with Crippen molar-refractivity contribution in [2.45, 2.75) is 40.0 Å². The lowest BCUT2D eigenvalue weighted by Gasteiger charge is -2.09. The molecule has 0 aliphatic rings. The summed E-state index contributed by atoms with van der Waals surface area (Å²) in [4.78, 5) is 0. The summed E-state index contributed by atoms with van der Waals surface area (Å²) in [5.41, 5.74) is 4.25. The Bertz CT molecular complexity index is 528. The van der Waals surface area contributed by atoms with Gasteiger partial charge in [0.25, 0.3) is 0 Å². The second kappa shape index (κ2) is 9.38. The van der Waals surface area contributed by atoms with Crippen molar-refractivity contribution in [2.75, 3.05) is 0 Å². The minimum atomic E-state index is -1.39. The summed E-state index contributed by atoms with van der Waals surface area (Å²) in [7, 11) is -1.39. The minimum absolute atomic E-state index is 0.565. The molecule has 21 heavy (non-hydrogen) atoms. The van der Waals surface area contributed by atoms with Gasteiger partial charge in [0.15, 0.2) is 0 Å². The molecular weight excluding hydrogens is 259 g/mol. The van der Waals surface area contributed by atoms with Gasteiger partial charge in [0.1, 0.15) is 0 Å². The van der Waals surface area contributed by atoms with Gasteiger partial charge in [-0.2, -0.15) is 0 Å². The van der Waals surface area contributed by atoms with Crippen molar-refractivity contribution in [3.05, 3.63) is 65.3 Å². The van der Waals surface area contributed by atoms with E-state index in [2.05, 4.69) is 38.2 Å². The second-order valence-electron chi connectivity index (χ2n) is 5.18. The van der Waals surface area contributed by atoms with Gasteiger partial charge < -0.3 is 10.0 Å². The minimum Gasteiger partial charge on any atom is -0.423 e. The molecule has 0 bridgehead atoms. The van der Waals surface area contributed by atoms with E-state index >= 15 is 0 Å². The predicted octanol–water partition coefficient (Wildman–Crippen LogP) is 2.94. The highest BCUT2D eigenvalue weighted by Crippen LogP contribution is 2.12. The molecule has 2 N–H and O–H groups in total. The topological polar surface area (TPSA) is 40.5 Å². The van der Waals surface area contributed by atoms with E-state index < -0.39 is 7.12 Å². The maximum Gasteiger partial charge on any atom is 0.488 e. The van der Waals surface area contributed by atoms with Gasteiger partial charge in [-0.1, -0.05) is 67.5 Å². The standard InChI is InChI=1S/C18H25BO2/c1-4-9-17-14-18(19(20)21)13-12-16(17)11-8-6-7-10-15(3)5-2/h5-8,10,12-14,20-21H,4,9,11H2,1-3H3/b8-6-,10-7-,15-5+. The molecule has 0 amide bonds. The first kappa shape index (κ1) is 17.5. The first-order valence-corrected chi connectivity index (χ1v) is 7.52. The fourth-order valence-corrected chi connectivity index (χ4v) is 2.08. The maximum atomic E-state index is 9.26. The molecule has 1 rings (SSSR count). The lowest BCUT2D eigenvalue weighted by molar-refractivity contribution is 0.425. The van der Waals surface area contributed by atoms with Crippen molar-refractivity contribution in [1.29, 1.82) is 0 Å². The van der Waals surface area contributed by atoms with E-state index in [1.165, 1.54) is 16.7 Å². The van der Waals surface area contributed by atoms with Gasteiger partial charge in [-0.3, -0.25) is 0 Å². The van der Waals surface area contributed by atoms with Crippen molar-refractivity contribution >= 4 is 12.6 Å². The maximum absolute atomic E-state index is 9.26. The molecule has 0 atom stereocenters. The zero-order valence-electron chi connectivity index (χ0n) is 13.2. The summed E-state index contributed by atoms with van der Waals surface area (Å²) in [6.45, 7) is 6.23. The van der Waals surface area contributed by atoms with Crippen molar-refractivity contribution in [2.24, 2.45) is 0 Å². The zero-order valence-corrected chi connectivity index (χ0v) is 13.2. The van der Waals surface area contributed by atoms with Gasteiger partial charge in [-0.25, -0.2) is 0 Å². The molecule has 0 radical (unpaired) electrons. The highest BCUT2D eigenvalue weighted by molar-refractivity contribution is 6.58. The summed E-state index contributed by atoms with van der Waals surface area (Å²) in [5.74, 6) is 0. The molecule has 1 aromatic rings. The smallest absolute Gasteiger partial charge is 0.423 e. The largest absolute Gasteiger partial charge is 0.488 e.